The Morgan fingerprint density at radius 1 is 0.833 bits per heavy atom. The van der Waals surface area contributed by atoms with Crippen LogP contribution in [0.25, 0.3) is 0 Å². The van der Waals surface area contributed by atoms with Crippen LogP contribution >= 0.6 is 11.8 Å². The number of carbonyl (C=O) groups excluding carboxylic acids is 2. The molecule has 0 bridgehead atoms. The van der Waals surface area contributed by atoms with Crippen molar-refractivity contribution >= 4 is 46.3 Å². The second-order valence-corrected chi connectivity index (χ2v) is 9.30. The van der Waals surface area contributed by atoms with Crippen LogP contribution in [0.5, 0.6) is 0 Å². The fraction of sp³-hybridized carbons (Fsp3) is 0.0714. The number of nitro benzene ring substituents is 1. The lowest BCUT2D eigenvalue weighted by atomic mass is 10.2. The van der Waals surface area contributed by atoms with Gasteiger partial charge in [0.15, 0.2) is 0 Å². The zero-order valence-electron chi connectivity index (χ0n) is 19.4. The van der Waals surface area contributed by atoms with Crippen molar-refractivity contribution < 1.29 is 14.5 Å². The van der Waals surface area contributed by atoms with Gasteiger partial charge in [0, 0.05) is 39.7 Å². The number of thioether (sulfide) groups is 1. The third-order valence-electron chi connectivity index (χ3n) is 5.34. The number of carbonyl (C=O) groups is 2. The van der Waals surface area contributed by atoms with Gasteiger partial charge in [-0.1, -0.05) is 42.5 Å². The highest BCUT2D eigenvalue weighted by Crippen LogP contribution is 2.31. The second-order valence-electron chi connectivity index (χ2n) is 7.89. The molecule has 4 aromatic carbocycles. The monoisotopic (exact) mass is 497 g/mol. The van der Waals surface area contributed by atoms with Gasteiger partial charge in [0.1, 0.15) is 0 Å². The highest BCUT2D eigenvalue weighted by Gasteiger charge is 2.24. The molecule has 0 aliphatic rings. The van der Waals surface area contributed by atoms with E-state index in [1.54, 1.807) is 17.0 Å². The molecule has 180 valence electrons. The van der Waals surface area contributed by atoms with Crippen LogP contribution in [0.3, 0.4) is 0 Å². The Hall–Kier alpha value is -4.43. The molecule has 0 radical (unpaired) electrons. The summed E-state index contributed by atoms with van der Waals surface area (Å²) < 4.78 is 0. The predicted octanol–water partition coefficient (Wildman–Crippen LogP) is 6.69. The minimum absolute atomic E-state index is 0.0551. The third kappa shape index (κ3) is 5.97. The van der Waals surface area contributed by atoms with Crippen LogP contribution in [-0.4, -0.2) is 22.0 Å². The van der Waals surface area contributed by atoms with Crippen LogP contribution in [0.4, 0.5) is 22.7 Å². The molecule has 2 amide bonds. The number of hydrogen-bond donors (Lipinski definition) is 1. The molecule has 1 unspecified atom stereocenters. The van der Waals surface area contributed by atoms with E-state index in [0.717, 1.165) is 16.3 Å². The number of non-ortho nitro benzene ring substituents is 1. The lowest BCUT2D eigenvalue weighted by Gasteiger charge is -2.26. The number of nitro groups is 1. The molecule has 0 saturated heterocycles. The highest BCUT2D eigenvalue weighted by atomic mass is 32.2. The van der Waals surface area contributed by atoms with Gasteiger partial charge in [0.25, 0.3) is 11.6 Å². The van der Waals surface area contributed by atoms with Crippen molar-refractivity contribution in [2.24, 2.45) is 0 Å². The summed E-state index contributed by atoms with van der Waals surface area (Å²) in [6, 6.07) is 31.7. The summed E-state index contributed by atoms with van der Waals surface area (Å²) in [6.45, 7) is 1.86. The van der Waals surface area contributed by atoms with E-state index < -0.39 is 10.8 Å². The smallest absolute Gasteiger partial charge is 0.270 e. The number of nitrogens with one attached hydrogen (secondary N) is 1. The van der Waals surface area contributed by atoms with E-state index >= 15 is 0 Å². The summed E-state index contributed by atoms with van der Waals surface area (Å²) in [7, 11) is 0. The molecule has 0 aromatic heterocycles. The Balaban J connectivity index is 1.45. The van der Waals surface area contributed by atoms with Gasteiger partial charge in [-0.15, -0.1) is 11.8 Å². The number of para-hydroxylation sites is 2. The molecule has 36 heavy (non-hydrogen) atoms. The first-order valence-electron chi connectivity index (χ1n) is 11.2. The maximum Gasteiger partial charge on any atom is 0.270 e. The lowest BCUT2D eigenvalue weighted by molar-refractivity contribution is -0.384. The summed E-state index contributed by atoms with van der Waals surface area (Å²) in [5.41, 5.74) is 2.18. The van der Waals surface area contributed by atoms with Gasteiger partial charge in [0.05, 0.1) is 10.2 Å². The maximum atomic E-state index is 13.5. The van der Waals surface area contributed by atoms with Gasteiger partial charge >= 0.3 is 0 Å². The van der Waals surface area contributed by atoms with Crippen LogP contribution in [-0.2, 0) is 4.79 Å². The zero-order chi connectivity index (χ0) is 25.5. The zero-order valence-corrected chi connectivity index (χ0v) is 20.2. The molecular weight excluding hydrogens is 474 g/mol. The molecule has 0 heterocycles. The standard InChI is InChI=1S/C28H23N3O4S/c1-20(28(33)30(23-10-4-2-5-11-23)24-12-6-3-7-13-24)36-26-17-15-22(16-18-26)29-27(32)21-9-8-14-25(19-21)31(34)35/h2-20H,1H3,(H,29,32). The molecular formula is C28H23N3O4S. The fourth-order valence-corrected chi connectivity index (χ4v) is 4.48. The fourth-order valence-electron chi connectivity index (χ4n) is 3.57. The Morgan fingerprint density at radius 2 is 1.42 bits per heavy atom. The van der Waals surface area contributed by atoms with Crippen molar-refractivity contribution in [2.45, 2.75) is 17.1 Å². The van der Waals surface area contributed by atoms with Crippen LogP contribution in [0, 0.1) is 10.1 Å². The van der Waals surface area contributed by atoms with Gasteiger partial charge < -0.3 is 5.32 Å². The van der Waals surface area contributed by atoms with Gasteiger partial charge in [-0.3, -0.25) is 24.6 Å². The van der Waals surface area contributed by atoms with Crippen molar-refractivity contribution in [2.75, 3.05) is 10.2 Å². The van der Waals surface area contributed by atoms with Crippen LogP contribution < -0.4 is 10.2 Å². The summed E-state index contributed by atoms with van der Waals surface area (Å²) >= 11 is 1.42. The molecule has 8 heteroatoms. The van der Waals surface area contributed by atoms with E-state index in [1.807, 2.05) is 79.7 Å². The summed E-state index contributed by atoms with van der Waals surface area (Å²) in [5.74, 6) is -0.496. The Bertz CT molecular complexity index is 1320. The first-order chi connectivity index (χ1) is 17.4. The van der Waals surface area contributed by atoms with Crippen LogP contribution in [0.1, 0.15) is 17.3 Å². The first-order valence-corrected chi connectivity index (χ1v) is 12.1. The van der Waals surface area contributed by atoms with Gasteiger partial charge in [-0.05, 0) is 61.5 Å². The molecule has 0 spiro atoms. The van der Waals surface area contributed by atoms with Crippen molar-refractivity contribution in [1.29, 1.82) is 0 Å². The summed E-state index contributed by atoms with van der Waals surface area (Å²) in [4.78, 5) is 39.0. The van der Waals surface area contributed by atoms with E-state index in [-0.39, 0.29) is 22.4 Å². The second kappa shape index (κ2) is 11.3. The molecule has 0 fully saturated rings. The number of benzene rings is 4. The van der Waals surface area contributed by atoms with Gasteiger partial charge in [0.2, 0.25) is 5.91 Å². The maximum absolute atomic E-state index is 13.5. The molecule has 0 saturated carbocycles. The van der Waals surface area contributed by atoms with E-state index in [4.69, 9.17) is 0 Å². The molecule has 7 nitrogen and oxygen atoms in total. The molecule has 0 aliphatic carbocycles. The minimum atomic E-state index is -0.540. The lowest BCUT2D eigenvalue weighted by Crippen LogP contribution is -2.32. The Morgan fingerprint density at radius 3 is 1.97 bits per heavy atom. The van der Waals surface area contributed by atoms with E-state index in [2.05, 4.69) is 5.32 Å². The summed E-state index contributed by atoms with van der Waals surface area (Å²) in [5, 5.41) is 13.3. The van der Waals surface area contributed by atoms with Gasteiger partial charge in [-0.25, -0.2) is 0 Å². The average Bonchev–Trinajstić information content (AvgIpc) is 2.91. The molecule has 4 aromatic rings. The molecule has 1 atom stereocenters. The van der Waals surface area contributed by atoms with Crippen molar-refractivity contribution in [1.82, 2.24) is 0 Å². The number of hydrogen-bond acceptors (Lipinski definition) is 5. The van der Waals surface area contributed by atoms with Gasteiger partial charge in [-0.2, -0.15) is 0 Å². The normalized spacial score (nSPS) is 11.4. The molecule has 0 aliphatic heterocycles. The third-order valence-corrected chi connectivity index (χ3v) is 6.44. The Labute approximate surface area is 212 Å². The average molecular weight is 498 g/mol. The van der Waals surface area contributed by atoms with E-state index in [1.165, 1.54) is 36.0 Å². The quantitative estimate of drug-likeness (QED) is 0.166. The number of amides is 2. The number of anilines is 3. The minimum Gasteiger partial charge on any atom is -0.322 e. The number of nitrogens with zero attached hydrogens (tertiary/aromatic N) is 2. The molecule has 4 rings (SSSR count). The van der Waals surface area contributed by atoms with Crippen LogP contribution in [0.2, 0.25) is 0 Å². The predicted molar refractivity (Wildman–Crippen MR) is 143 cm³/mol. The first kappa shape index (κ1) is 24.7. The SMILES string of the molecule is CC(Sc1ccc(NC(=O)c2cccc([N+](=O)[O-])c2)cc1)C(=O)N(c1ccccc1)c1ccccc1. The van der Waals surface area contributed by atoms with Crippen molar-refractivity contribution in [3.8, 4) is 0 Å². The van der Waals surface area contributed by atoms with Crippen molar-refractivity contribution in [3.63, 3.8) is 0 Å². The number of rotatable bonds is 8. The summed E-state index contributed by atoms with van der Waals surface area (Å²) in [6.07, 6.45) is 0. The van der Waals surface area contributed by atoms with Crippen molar-refractivity contribution in [3.05, 3.63) is 125 Å². The van der Waals surface area contributed by atoms with Crippen LogP contribution in [0.15, 0.2) is 114 Å². The highest BCUT2D eigenvalue weighted by molar-refractivity contribution is 8.00. The van der Waals surface area contributed by atoms with E-state index in [9.17, 15) is 19.7 Å². The Kier molecular flexibility index (Phi) is 7.77. The topological polar surface area (TPSA) is 92.5 Å². The largest absolute Gasteiger partial charge is 0.322 e. The van der Waals surface area contributed by atoms with E-state index in [0.29, 0.717) is 5.69 Å². The molecule has 1 N–H and O–H groups in total.